The van der Waals surface area contributed by atoms with E-state index in [1.807, 2.05) is 26.0 Å². The fourth-order valence-corrected chi connectivity index (χ4v) is 2.83. The summed E-state index contributed by atoms with van der Waals surface area (Å²) in [5, 5.41) is 13.2. The van der Waals surface area contributed by atoms with Gasteiger partial charge in [-0.15, -0.1) is 0 Å². The number of nitrogens with one attached hydrogen (secondary N) is 1. The molecule has 3 rings (SSSR count). The zero-order chi connectivity index (χ0) is 18.0. The van der Waals surface area contributed by atoms with Crippen molar-refractivity contribution < 1.29 is 19.1 Å². The van der Waals surface area contributed by atoms with Crippen LogP contribution >= 0.6 is 0 Å². The Labute approximate surface area is 146 Å². The summed E-state index contributed by atoms with van der Waals surface area (Å²) in [5.74, 6) is 0.446. The van der Waals surface area contributed by atoms with E-state index in [1.54, 1.807) is 31.6 Å². The van der Waals surface area contributed by atoms with Gasteiger partial charge < -0.3 is 19.6 Å². The first-order valence-electron chi connectivity index (χ1n) is 8.06. The molecule has 1 aromatic heterocycles. The summed E-state index contributed by atoms with van der Waals surface area (Å²) in [6.45, 7) is 3.92. The average molecular weight is 339 g/mol. The van der Waals surface area contributed by atoms with E-state index in [-0.39, 0.29) is 18.9 Å². The summed E-state index contributed by atoms with van der Waals surface area (Å²) < 4.78 is 10.7. The number of aryl methyl sites for hydroxylation is 2. The largest absolute Gasteiger partial charge is 0.496 e. The predicted octanol–water partition coefficient (Wildman–Crippen LogP) is 3.73. The number of aliphatic hydroxyl groups excluding tert-OH is 1. The maximum absolute atomic E-state index is 12.4. The first-order valence-corrected chi connectivity index (χ1v) is 8.06. The van der Waals surface area contributed by atoms with E-state index in [0.717, 1.165) is 22.1 Å². The molecule has 130 valence electrons. The second kappa shape index (κ2) is 6.99. The van der Waals surface area contributed by atoms with Gasteiger partial charge in [0.2, 0.25) is 5.91 Å². The molecule has 5 nitrogen and oxygen atoms in total. The summed E-state index contributed by atoms with van der Waals surface area (Å²) in [5.41, 5.74) is 5.21. The van der Waals surface area contributed by atoms with Gasteiger partial charge in [-0.1, -0.05) is 0 Å². The van der Waals surface area contributed by atoms with E-state index in [4.69, 9.17) is 9.15 Å². The number of fused-ring (bicyclic) bond motifs is 1. The van der Waals surface area contributed by atoms with Crippen LogP contribution in [-0.2, 0) is 17.8 Å². The molecule has 3 aromatic rings. The highest BCUT2D eigenvalue weighted by molar-refractivity contribution is 5.95. The summed E-state index contributed by atoms with van der Waals surface area (Å²) in [7, 11) is 1.54. The third-order valence-corrected chi connectivity index (χ3v) is 4.36. The standard InChI is InChI=1S/C20H21NO4/c1-12-6-17-15(11-25-19(17)7-13(12)2)9-20(23)21-16-4-5-18(24-3)14(8-16)10-22/h4-8,11,22H,9-10H2,1-3H3,(H,21,23). The van der Waals surface area contributed by atoms with E-state index < -0.39 is 0 Å². The van der Waals surface area contributed by atoms with Gasteiger partial charge in [0.05, 0.1) is 26.4 Å². The normalized spacial score (nSPS) is 10.9. The Morgan fingerprint density at radius 3 is 2.64 bits per heavy atom. The molecule has 25 heavy (non-hydrogen) atoms. The van der Waals surface area contributed by atoms with Crippen LogP contribution in [-0.4, -0.2) is 18.1 Å². The lowest BCUT2D eigenvalue weighted by Gasteiger charge is -2.10. The van der Waals surface area contributed by atoms with E-state index >= 15 is 0 Å². The second-order valence-electron chi connectivity index (χ2n) is 6.10. The molecule has 0 spiro atoms. The van der Waals surface area contributed by atoms with Crippen LogP contribution in [0.15, 0.2) is 41.0 Å². The topological polar surface area (TPSA) is 71.7 Å². The first-order chi connectivity index (χ1) is 12.0. The molecule has 0 aliphatic rings. The van der Waals surface area contributed by atoms with Gasteiger partial charge in [0.25, 0.3) is 0 Å². The molecule has 0 bridgehead atoms. The lowest BCUT2D eigenvalue weighted by Crippen LogP contribution is -2.14. The molecule has 0 fully saturated rings. The van der Waals surface area contributed by atoms with E-state index in [0.29, 0.717) is 17.0 Å². The molecule has 5 heteroatoms. The van der Waals surface area contributed by atoms with Crippen molar-refractivity contribution in [3.8, 4) is 5.75 Å². The van der Waals surface area contributed by atoms with Gasteiger partial charge in [-0.25, -0.2) is 0 Å². The van der Waals surface area contributed by atoms with Crippen molar-refractivity contribution in [1.29, 1.82) is 0 Å². The van der Waals surface area contributed by atoms with Gasteiger partial charge in [0.1, 0.15) is 11.3 Å². The van der Waals surface area contributed by atoms with Crippen LogP contribution in [0.5, 0.6) is 5.75 Å². The van der Waals surface area contributed by atoms with Crippen molar-refractivity contribution in [2.45, 2.75) is 26.9 Å². The van der Waals surface area contributed by atoms with Gasteiger partial charge in [0.15, 0.2) is 0 Å². The lowest BCUT2D eigenvalue weighted by molar-refractivity contribution is -0.115. The van der Waals surface area contributed by atoms with Gasteiger partial charge in [-0.2, -0.15) is 0 Å². The Morgan fingerprint density at radius 1 is 1.16 bits per heavy atom. The Kier molecular flexibility index (Phi) is 4.76. The number of furan rings is 1. The van der Waals surface area contributed by atoms with E-state index in [9.17, 15) is 9.90 Å². The maximum Gasteiger partial charge on any atom is 0.228 e. The third-order valence-electron chi connectivity index (χ3n) is 4.36. The summed E-state index contributed by atoms with van der Waals surface area (Å²) >= 11 is 0. The van der Waals surface area contributed by atoms with Crippen molar-refractivity contribution in [3.63, 3.8) is 0 Å². The maximum atomic E-state index is 12.4. The summed E-state index contributed by atoms with van der Waals surface area (Å²) in [6.07, 6.45) is 1.85. The highest BCUT2D eigenvalue weighted by Gasteiger charge is 2.13. The number of aliphatic hydroxyl groups is 1. The Morgan fingerprint density at radius 2 is 1.92 bits per heavy atom. The number of carbonyl (C=O) groups excluding carboxylic acids is 1. The summed E-state index contributed by atoms with van der Waals surface area (Å²) in [4.78, 5) is 12.4. The molecular formula is C20H21NO4. The predicted molar refractivity (Wildman–Crippen MR) is 96.9 cm³/mol. The van der Waals surface area contributed by atoms with Gasteiger partial charge in [-0.3, -0.25) is 4.79 Å². The third kappa shape index (κ3) is 3.51. The number of rotatable bonds is 5. The zero-order valence-corrected chi connectivity index (χ0v) is 14.6. The number of benzene rings is 2. The molecule has 2 N–H and O–H groups in total. The Bertz CT molecular complexity index is 927. The van der Waals surface area contributed by atoms with Crippen molar-refractivity contribution in [2.24, 2.45) is 0 Å². The molecule has 2 aromatic carbocycles. The molecule has 0 aliphatic heterocycles. The minimum Gasteiger partial charge on any atom is -0.496 e. The Balaban J connectivity index is 1.78. The van der Waals surface area contributed by atoms with Crippen LogP contribution in [0, 0.1) is 13.8 Å². The van der Waals surface area contributed by atoms with E-state index in [2.05, 4.69) is 5.32 Å². The van der Waals surface area contributed by atoms with E-state index in [1.165, 1.54) is 5.56 Å². The van der Waals surface area contributed by atoms with Crippen LogP contribution in [0.1, 0.15) is 22.3 Å². The van der Waals surface area contributed by atoms with Crippen molar-refractivity contribution in [2.75, 3.05) is 12.4 Å². The molecule has 0 radical (unpaired) electrons. The fraction of sp³-hybridized carbons (Fsp3) is 0.250. The number of carbonyl (C=O) groups is 1. The molecule has 0 atom stereocenters. The van der Waals surface area contributed by atoms with Crippen LogP contribution in [0.2, 0.25) is 0 Å². The van der Waals surface area contributed by atoms with Crippen molar-refractivity contribution >= 4 is 22.6 Å². The lowest BCUT2D eigenvalue weighted by atomic mass is 10.0. The monoisotopic (exact) mass is 339 g/mol. The first kappa shape index (κ1) is 17.0. The number of hydrogen-bond donors (Lipinski definition) is 2. The molecule has 0 aliphatic carbocycles. The fourth-order valence-electron chi connectivity index (χ4n) is 2.83. The quantitative estimate of drug-likeness (QED) is 0.743. The van der Waals surface area contributed by atoms with Gasteiger partial charge in [0, 0.05) is 22.2 Å². The highest BCUT2D eigenvalue weighted by atomic mass is 16.5. The minimum absolute atomic E-state index is 0.144. The average Bonchev–Trinajstić information content (AvgIpc) is 2.96. The Hall–Kier alpha value is -2.79. The molecular weight excluding hydrogens is 318 g/mol. The number of amides is 1. The minimum atomic E-state index is -0.155. The van der Waals surface area contributed by atoms with Crippen molar-refractivity contribution in [1.82, 2.24) is 0 Å². The number of hydrogen-bond acceptors (Lipinski definition) is 4. The molecule has 0 unspecified atom stereocenters. The molecule has 1 amide bonds. The molecule has 0 saturated carbocycles. The van der Waals surface area contributed by atoms with Crippen LogP contribution in [0.3, 0.4) is 0 Å². The van der Waals surface area contributed by atoms with Crippen LogP contribution in [0.25, 0.3) is 11.0 Å². The zero-order valence-electron chi connectivity index (χ0n) is 14.6. The number of methoxy groups -OCH3 is 1. The molecule has 0 saturated heterocycles. The van der Waals surface area contributed by atoms with Crippen LogP contribution in [0.4, 0.5) is 5.69 Å². The van der Waals surface area contributed by atoms with Gasteiger partial charge in [-0.05, 0) is 55.3 Å². The number of ether oxygens (including phenoxy) is 1. The smallest absolute Gasteiger partial charge is 0.228 e. The molecule has 1 heterocycles. The SMILES string of the molecule is COc1ccc(NC(=O)Cc2coc3cc(C)c(C)cc23)cc1CO. The van der Waals surface area contributed by atoms with Gasteiger partial charge >= 0.3 is 0 Å². The summed E-state index contributed by atoms with van der Waals surface area (Å²) in [6, 6.07) is 9.21. The number of anilines is 1. The highest BCUT2D eigenvalue weighted by Crippen LogP contribution is 2.26. The second-order valence-corrected chi connectivity index (χ2v) is 6.10. The van der Waals surface area contributed by atoms with Crippen LogP contribution < -0.4 is 10.1 Å². The van der Waals surface area contributed by atoms with Crippen molar-refractivity contribution in [3.05, 3.63) is 58.8 Å².